The van der Waals surface area contributed by atoms with E-state index in [2.05, 4.69) is 6.92 Å². The van der Waals surface area contributed by atoms with Gasteiger partial charge in [-0.25, -0.2) is 0 Å². The Morgan fingerprint density at radius 3 is 1.18 bits per heavy atom. The first-order valence-corrected chi connectivity index (χ1v) is 12.6. The summed E-state index contributed by atoms with van der Waals surface area (Å²) in [6, 6.07) is -0.495. The fraction of sp³-hybridized carbons (Fsp3) is 0.960. The van der Waals surface area contributed by atoms with E-state index in [4.69, 9.17) is 10.5 Å². The van der Waals surface area contributed by atoms with Gasteiger partial charge in [-0.15, -0.1) is 0 Å². The molecule has 0 heterocycles. The van der Waals surface area contributed by atoms with E-state index in [-0.39, 0.29) is 5.97 Å². The topological polar surface area (TPSA) is 52.3 Å². The molecule has 0 aromatic rings. The van der Waals surface area contributed by atoms with Crippen molar-refractivity contribution in [2.75, 3.05) is 6.61 Å². The van der Waals surface area contributed by atoms with Crippen LogP contribution in [-0.2, 0) is 9.53 Å². The lowest BCUT2D eigenvalue weighted by Gasteiger charge is -2.07. The molecular formula is C25H51NO2. The molecule has 0 amide bonds. The Morgan fingerprint density at radius 1 is 0.607 bits per heavy atom. The van der Waals surface area contributed by atoms with Crippen LogP contribution in [0.1, 0.15) is 142 Å². The number of rotatable bonds is 22. The molecule has 0 unspecified atom stereocenters. The highest BCUT2D eigenvalue weighted by Crippen LogP contribution is 2.14. The molecule has 0 radical (unpaired) electrons. The third-order valence-corrected chi connectivity index (χ3v) is 5.61. The number of carbonyl (C=O) groups excluding carboxylic acids is 1. The second-order valence-electron chi connectivity index (χ2n) is 8.67. The van der Waals surface area contributed by atoms with E-state index in [1.165, 1.54) is 116 Å². The predicted molar refractivity (Wildman–Crippen MR) is 123 cm³/mol. The van der Waals surface area contributed by atoms with Gasteiger partial charge >= 0.3 is 5.97 Å². The molecule has 0 aliphatic carbocycles. The molecule has 168 valence electrons. The zero-order valence-electron chi connectivity index (χ0n) is 19.3. The lowest BCUT2D eigenvalue weighted by Crippen LogP contribution is -2.28. The summed E-state index contributed by atoms with van der Waals surface area (Å²) in [5.41, 5.74) is 5.45. The number of hydrogen-bond donors (Lipinski definition) is 1. The van der Waals surface area contributed by atoms with Gasteiger partial charge in [0.2, 0.25) is 0 Å². The van der Waals surface area contributed by atoms with Gasteiger partial charge in [0.25, 0.3) is 0 Å². The van der Waals surface area contributed by atoms with Crippen LogP contribution < -0.4 is 5.73 Å². The molecule has 0 saturated carbocycles. The molecule has 3 heteroatoms. The second-order valence-corrected chi connectivity index (χ2v) is 8.67. The van der Waals surface area contributed by atoms with Crippen molar-refractivity contribution in [2.45, 2.75) is 148 Å². The molecule has 0 aliphatic heterocycles. The van der Waals surface area contributed by atoms with Crippen molar-refractivity contribution < 1.29 is 9.53 Å². The summed E-state index contributed by atoms with van der Waals surface area (Å²) < 4.78 is 5.08. The summed E-state index contributed by atoms with van der Waals surface area (Å²) in [6.07, 6.45) is 27.6. The molecular weight excluding hydrogens is 346 g/mol. The molecule has 0 aliphatic rings. The maximum atomic E-state index is 11.2. The summed E-state index contributed by atoms with van der Waals surface area (Å²) in [6.45, 7) is 4.48. The zero-order chi connectivity index (χ0) is 20.7. The van der Waals surface area contributed by atoms with Crippen LogP contribution in [0.15, 0.2) is 0 Å². The first-order valence-electron chi connectivity index (χ1n) is 12.6. The highest BCUT2D eigenvalue weighted by atomic mass is 16.5. The molecule has 1 atom stereocenters. The molecule has 0 rings (SSSR count). The van der Waals surface area contributed by atoms with Crippen LogP contribution >= 0.6 is 0 Å². The smallest absolute Gasteiger partial charge is 0.322 e. The maximum absolute atomic E-state index is 11.2. The first-order chi connectivity index (χ1) is 13.7. The molecule has 0 aromatic carbocycles. The van der Waals surface area contributed by atoms with Crippen LogP contribution in [0.3, 0.4) is 0 Å². The summed E-state index contributed by atoms with van der Waals surface area (Å²) >= 11 is 0. The Hall–Kier alpha value is -0.570. The average Bonchev–Trinajstić information content (AvgIpc) is 2.68. The van der Waals surface area contributed by atoms with E-state index in [0.29, 0.717) is 6.61 Å². The number of ether oxygens (including phenoxy) is 1. The van der Waals surface area contributed by atoms with Crippen molar-refractivity contribution in [3.63, 3.8) is 0 Å². The largest absolute Gasteiger partial charge is 0.465 e. The first kappa shape index (κ1) is 27.4. The molecule has 0 fully saturated rings. The van der Waals surface area contributed by atoms with E-state index < -0.39 is 6.04 Å². The summed E-state index contributed by atoms with van der Waals surface area (Å²) in [5, 5.41) is 0. The Kier molecular flexibility index (Phi) is 22.3. The number of unbranched alkanes of at least 4 members (excludes halogenated alkanes) is 19. The highest BCUT2D eigenvalue weighted by molar-refractivity contribution is 5.74. The minimum atomic E-state index is -0.495. The van der Waals surface area contributed by atoms with Crippen LogP contribution in [0.2, 0.25) is 0 Å². The maximum Gasteiger partial charge on any atom is 0.322 e. The molecule has 0 saturated heterocycles. The van der Waals surface area contributed by atoms with Crippen molar-refractivity contribution >= 4 is 5.97 Å². The summed E-state index contributed by atoms with van der Waals surface area (Å²) in [7, 11) is 0. The fourth-order valence-corrected chi connectivity index (χ4v) is 3.66. The zero-order valence-corrected chi connectivity index (χ0v) is 19.3. The van der Waals surface area contributed by atoms with Crippen LogP contribution in [0.4, 0.5) is 0 Å². The van der Waals surface area contributed by atoms with E-state index >= 15 is 0 Å². The van der Waals surface area contributed by atoms with Crippen LogP contribution in [0, 0.1) is 0 Å². The molecule has 2 N–H and O–H groups in total. The summed E-state index contributed by atoms with van der Waals surface area (Å²) in [5.74, 6) is -0.280. The quantitative estimate of drug-likeness (QED) is 0.150. The van der Waals surface area contributed by atoms with Crippen molar-refractivity contribution in [3.8, 4) is 0 Å². The van der Waals surface area contributed by atoms with E-state index in [0.717, 1.165) is 12.8 Å². The number of hydrogen-bond acceptors (Lipinski definition) is 3. The number of nitrogens with two attached hydrogens (primary N) is 1. The lowest BCUT2D eigenvalue weighted by molar-refractivity contribution is -0.144. The highest BCUT2D eigenvalue weighted by Gasteiger charge is 2.07. The van der Waals surface area contributed by atoms with Gasteiger partial charge in [-0.05, 0) is 13.3 Å². The standard InChI is InChI=1S/C25H51NO2/c1-3-4-5-6-7-8-9-10-11-12-13-14-15-16-17-18-19-20-21-22-23-28-25(27)24(2)26/h24H,3-23,26H2,1-2H3/t24-/m0/s1. The Balaban J connectivity index is 3.04. The molecule has 0 spiro atoms. The third kappa shape index (κ3) is 21.7. The van der Waals surface area contributed by atoms with Crippen molar-refractivity contribution in [2.24, 2.45) is 5.73 Å². The van der Waals surface area contributed by atoms with Gasteiger partial charge < -0.3 is 10.5 Å². The van der Waals surface area contributed by atoms with E-state index in [1.54, 1.807) is 6.92 Å². The molecule has 0 bridgehead atoms. The van der Waals surface area contributed by atoms with Gasteiger partial charge in [0, 0.05) is 0 Å². The van der Waals surface area contributed by atoms with Gasteiger partial charge in [-0.2, -0.15) is 0 Å². The van der Waals surface area contributed by atoms with Crippen molar-refractivity contribution in [1.29, 1.82) is 0 Å². The lowest BCUT2D eigenvalue weighted by atomic mass is 10.0. The minimum Gasteiger partial charge on any atom is -0.465 e. The van der Waals surface area contributed by atoms with Crippen LogP contribution in [-0.4, -0.2) is 18.6 Å². The van der Waals surface area contributed by atoms with Gasteiger partial charge in [-0.3, -0.25) is 4.79 Å². The molecule has 28 heavy (non-hydrogen) atoms. The monoisotopic (exact) mass is 397 g/mol. The van der Waals surface area contributed by atoms with Crippen LogP contribution in [0.5, 0.6) is 0 Å². The van der Waals surface area contributed by atoms with E-state index in [1.807, 2.05) is 0 Å². The Labute approximate surface area is 176 Å². The van der Waals surface area contributed by atoms with Gasteiger partial charge in [0.05, 0.1) is 6.61 Å². The Morgan fingerprint density at radius 2 is 0.893 bits per heavy atom. The number of carbonyl (C=O) groups is 1. The minimum absolute atomic E-state index is 0.280. The third-order valence-electron chi connectivity index (χ3n) is 5.61. The van der Waals surface area contributed by atoms with Crippen LogP contribution in [0.25, 0.3) is 0 Å². The van der Waals surface area contributed by atoms with Gasteiger partial charge in [0.1, 0.15) is 6.04 Å². The predicted octanol–water partition coefficient (Wildman–Crippen LogP) is 7.70. The summed E-state index contributed by atoms with van der Waals surface area (Å²) in [4.78, 5) is 11.2. The Bertz CT molecular complexity index is 318. The van der Waals surface area contributed by atoms with Gasteiger partial charge in [0.15, 0.2) is 0 Å². The van der Waals surface area contributed by atoms with Gasteiger partial charge in [-0.1, -0.05) is 129 Å². The average molecular weight is 398 g/mol. The SMILES string of the molecule is CCCCCCCCCCCCCCCCCCCCCCOC(=O)[C@H](C)N. The van der Waals surface area contributed by atoms with Crippen molar-refractivity contribution in [3.05, 3.63) is 0 Å². The fourth-order valence-electron chi connectivity index (χ4n) is 3.66. The second kappa shape index (κ2) is 22.7. The molecule has 0 aromatic heterocycles. The normalized spacial score (nSPS) is 12.2. The van der Waals surface area contributed by atoms with E-state index in [9.17, 15) is 4.79 Å². The number of esters is 1. The van der Waals surface area contributed by atoms with Crippen molar-refractivity contribution in [1.82, 2.24) is 0 Å². The molecule has 3 nitrogen and oxygen atoms in total.